The number of benzene rings is 2. The van der Waals surface area contributed by atoms with E-state index in [-0.39, 0.29) is 17.1 Å². The summed E-state index contributed by atoms with van der Waals surface area (Å²) in [5, 5.41) is 5.84. The number of ether oxygens (including phenoxy) is 1. The van der Waals surface area contributed by atoms with Crippen LogP contribution in [-0.2, 0) is 4.79 Å². The predicted octanol–water partition coefficient (Wildman–Crippen LogP) is 3.38. The molecule has 3 aromatic rings. The number of carbonyl (C=O) groups excluding carboxylic acids is 2. The van der Waals surface area contributed by atoms with Crippen LogP contribution in [0.15, 0.2) is 45.6 Å². The lowest BCUT2D eigenvalue weighted by Gasteiger charge is -2.23. The van der Waals surface area contributed by atoms with Gasteiger partial charge in [-0.25, -0.2) is 0 Å². The van der Waals surface area contributed by atoms with Crippen molar-refractivity contribution in [2.24, 2.45) is 0 Å². The van der Waals surface area contributed by atoms with Crippen molar-refractivity contribution < 1.29 is 18.7 Å². The van der Waals surface area contributed by atoms with Crippen LogP contribution in [-0.4, -0.2) is 17.9 Å². The van der Waals surface area contributed by atoms with Gasteiger partial charge in [0.25, 0.3) is 11.8 Å². The van der Waals surface area contributed by atoms with Gasteiger partial charge >= 0.3 is 0 Å². The number of hydrogen-bond acceptors (Lipinski definition) is 5. The van der Waals surface area contributed by atoms with Crippen LogP contribution < -0.4 is 20.8 Å². The van der Waals surface area contributed by atoms with Crippen LogP contribution in [0, 0.1) is 13.8 Å². The van der Waals surface area contributed by atoms with Crippen molar-refractivity contribution in [3.05, 3.63) is 63.5 Å². The van der Waals surface area contributed by atoms with Crippen molar-refractivity contribution in [3.63, 3.8) is 0 Å². The minimum Gasteiger partial charge on any atom is -0.479 e. The molecule has 0 fully saturated rings. The van der Waals surface area contributed by atoms with Crippen LogP contribution >= 0.6 is 0 Å². The van der Waals surface area contributed by atoms with Crippen LogP contribution in [0.1, 0.15) is 28.6 Å². The van der Waals surface area contributed by atoms with Crippen molar-refractivity contribution in [1.82, 2.24) is 0 Å². The van der Waals surface area contributed by atoms with Gasteiger partial charge in [-0.15, -0.1) is 0 Å². The SMILES string of the molecule is Cc1ccc2c(=O)cc(C(=O)Nc3ccc4c(c3)NC(=O)[C@H](C)O4)oc2c1C. The summed E-state index contributed by atoms with van der Waals surface area (Å²) in [4.78, 5) is 36.8. The summed E-state index contributed by atoms with van der Waals surface area (Å²) in [6.45, 7) is 5.40. The molecule has 0 spiro atoms. The highest BCUT2D eigenvalue weighted by Crippen LogP contribution is 2.32. The summed E-state index contributed by atoms with van der Waals surface area (Å²) in [6.07, 6.45) is -0.577. The first-order valence-electron chi connectivity index (χ1n) is 8.80. The van der Waals surface area contributed by atoms with E-state index < -0.39 is 12.0 Å². The molecule has 2 N–H and O–H groups in total. The number of fused-ring (bicyclic) bond motifs is 2. The number of rotatable bonds is 2. The maximum Gasteiger partial charge on any atom is 0.291 e. The molecule has 28 heavy (non-hydrogen) atoms. The molecule has 2 amide bonds. The Morgan fingerprint density at radius 3 is 2.68 bits per heavy atom. The van der Waals surface area contributed by atoms with Gasteiger partial charge in [-0.1, -0.05) is 6.07 Å². The number of anilines is 2. The van der Waals surface area contributed by atoms with Gasteiger partial charge in [0.15, 0.2) is 17.3 Å². The lowest BCUT2D eigenvalue weighted by atomic mass is 10.1. The lowest BCUT2D eigenvalue weighted by Crippen LogP contribution is -2.34. The largest absolute Gasteiger partial charge is 0.479 e. The Morgan fingerprint density at radius 2 is 1.89 bits per heavy atom. The van der Waals surface area contributed by atoms with Crippen molar-refractivity contribution in [2.45, 2.75) is 26.9 Å². The smallest absolute Gasteiger partial charge is 0.291 e. The van der Waals surface area contributed by atoms with Gasteiger partial charge in [0.05, 0.1) is 11.1 Å². The first-order valence-corrected chi connectivity index (χ1v) is 8.80. The van der Waals surface area contributed by atoms with Crippen LogP contribution in [0.5, 0.6) is 5.75 Å². The minimum absolute atomic E-state index is 0.0853. The second kappa shape index (κ2) is 6.53. The molecule has 7 heteroatoms. The van der Waals surface area contributed by atoms with Gasteiger partial charge in [0, 0.05) is 11.8 Å². The van der Waals surface area contributed by atoms with Gasteiger partial charge in [0.2, 0.25) is 0 Å². The molecule has 142 valence electrons. The van der Waals surface area contributed by atoms with E-state index in [1.54, 1.807) is 31.2 Å². The minimum atomic E-state index is -0.577. The van der Waals surface area contributed by atoms with Gasteiger partial charge in [-0.3, -0.25) is 14.4 Å². The molecule has 0 bridgehead atoms. The normalized spacial score (nSPS) is 15.5. The lowest BCUT2D eigenvalue weighted by molar-refractivity contribution is -0.122. The average Bonchev–Trinajstić information content (AvgIpc) is 2.66. The standard InChI is InChI=1S/C21H18N2O5/c1-10-4-6-14-16(24)9-18(28-19(14)11(10)2)21(26)22-13-5-7-17-15(8-13)23-20(25)12(3)27-17/h4-9,12H,1-3H3,(H,22,26)(H,23,25)/t12-/m0/s1. The van der Waals surface area contributed by atoms with Gasteiger partial charge in [-0.05, 0) is 56.2 Å². The summed E-state index contributed by atoms with van der Waals surface area (Å²) >= 11 is 0. The molecule has 0 saturated carbocycles. The highest BCUT2D eigenvalue weighted by Gasteiger charge is 2.24. The molecule has 0 aliphatic carbocycles. The third-order valence-electron chi connectivity index (χ3n) is 4.81. The van der Waals surface area contributed by atoms with E-state index >= 15 is 0 Å². The molecule has 2 aromatic carbocycles. The van der Waals surface area contributed by atoms with Crippen molar-refractivity contribution in [1.29, 1.82) is 0 Å². The monoisotopic (exact) mass is 378 g/mol. The van der Waals surface area contributed by atoms with E-state index in [9.17, 15) is 14.4 Å². The maximum atomic E-state index is 12.6. The number of aryl methyl sites for hydroxylation is 2. The maximum absolute atomic E-state index is 12.6. The summed E-state index contributed by atoms with van der Waals surface area (Å²) in [7, 11) is 0. The average molecular weight is 378 g/mol. The summed E-state index contributed by atoms with van der Waals surface area (Å²) in [5.41, 5.74) is 2.80. The molecule has 0 radical (unpaired) electrons. The molecule has 2 heterocycles. The third-order valence-corrected chi connectivity index (χ3v) is 4.81. The molecule has 4 rings (SSSR count). The first-order chi connectivity index (χ1) is 13.3. The van der Waals surface area contributed by atoms with E-state index in [0.717, 1.165) is 11.1 Å². The van der Waals surface area contributed by atoms with Crippen LogP contribution in [0.4, 0.5) is 11.4 Å². The molecule has 1 aliphatic heterocycles. The molecular formula is C21H18N2O5. The number of amides is 2. The number of hydrogen-bond donors (Lipinski definition) is 2. The fraction of sp³-hybridized carbons (Fsp3) is 0.190. The first kappa shape index (κ1) is 17.8. The summed E-state index contributed by atoms with van der Waals surface area (Å²) in [6, 6.07) is 9.61. The van der Waals surface area contributed by atoms with E-state index in [4.69, 9.17) is 9.15 Å². The molecule has 0 unspecified atom stereocenters. The second-order valence-corrected chi connectivity index (χ2v) is 6.77. The number of carbonyl (C=O) groups is 2. The molecular weight excluding hydrogens is 360 g/mol. The fourth-order valence-electron chi connectivity index (χ4n) is 3.04. The Kier molecular flexibility index (Phi) is 4.15. The highest BCUT2D eigenvalue weighted by atomic mass is 16.5. The van der Waals surface area contributed by atoms with Crippen LogP contribution in [0.3, 0.4) is 0 Å². The Labute approximate surface area is 160 Å². The Hall–Kier alpha value is -3.61. The van der Waals surface area contributed by atoms with E-state index in [1.807, 2.05) is 19.9 Å². The topological polar surface area (TPSA) is 97.6 Å². The zero-order valence-electron chi connectivity index (χ0n) is 15.6. The van der Waals surface area contributed by atoms with Gasteiger partial charge in [-0.2, -0.15) is 0 Å². The zero-order chi connectivity index (χ0) is 20.0. The molecule has 1 atom stereocenters. The fourth-order valence-corrected chi connectivity index (χ4v) is 3.04. The molecule has 1 aromatic heterocycles. The van der Waals surface area contributed by atoms with Crippen molar-refractivity contribution >= 4 is 34.2 Å². The number of nitrogens with one attached hydrogen (secondary N) is 2. The molecule has 0 saturated heterocycles. The molecule has 1 aliphatic rings. The Balaban J connectivity index is 1.66. The molecule has 7 nitrogen and oxygen atoms in total. The Morgan fingerprint density at radius 1 is 1.11 bits per heavy atom. The zero-order valence-corrected chi connectivity index (χ0v) is 15.6. The summed E-state index contributed by atoms with van der Waals surface area (Å²) < 4.78 is 11.2. The highest BCUT2D eigenvalue weighted by molar-refractivity contribution is 6.04. The van der Waals surface area contributed by atoms with E-state index in [2.05, 4.69) is 10.6 Å². The third kappa shape index (κ3) is 3.00. The van der Waals surface area contributed by atoms with Gasteiger partial charge < -0.3 is 19.8 Å². The second-order valence-electron chi connectivity index (χ2n) is 6.77. The van der Waals surface area contributed by atoms with Gasteiger partial charge in [0.1, 0.15) is 11.3 Å². The van der Waals surface area contributed by atoms with E-state index in [0.29, 0.717) is 28.1 Å². The van der Waals surface area contributed by atoms with Crippen molar-refractivity contribution in [2.75, 3.05) is 10.6 Å². The van der Waals surface area contributed by atoms with Crippen LogP contribution in [0.25, 0.3) is 11.0 Å². The Bertz CT molecular complexity index is 1200. The van der Waals surface area contributed by atoms with Crippen molar-refractivity contribution in [3.8, 4) is 5.75 Å². The quantitative estimate of drug-likeness (QED) is 0.712. The van der Waals surface area contributed by atoms with E-state index in [1.165, 1.54) is 6.07 Å². The summed E-state index contributed by atoms with van der Waals surface area (Å²) in [5.74, 6) is -0.384. The predicted molar refractivity (Wildman–Crippen MR) is 105 cm³/mol. The van der Waals surface area contributed by atoms with Crippen LogP contribution in [0.2, 0.25) is 0 Å².